The Kier molecular flexibility index (Phi) is 5.65. The Balaban J connectivity index is 1.79. The second-order valence-corrected chi connectivity index (χ2v) is 6.37. The predicted molar refractivity (Wildman–Crippen MR) is 102 cm³/mol. The van der Waals surface area contributed by atoms with Gasteiger partial charge in [0.1, 0.15) is 5.82 Å². The van der Waals surface area contributed by atoms with Gasteiger partial charge in [-0.1, -0.05) is 18.2 Å². The molecule has 0 aliphatic carbocycles. The molecular formula is C20H23FN4O. The van der Waals surface area contributed by atoms with Crippen molar-refractivity contribution >= 4 is 16.8 Å². The number of H-pyrrole nitrogens is 1. The van der Waals surface area contributed by atoms with Gasteiger partial charge < -0.3 is 21.8 Å². The molecule has 6 N–H and O–H groups in total. The van der Waals surface area contributed by atoms with Crippen molar-refractivity contribution in [1.29, 1.82) is 0 Å². The van der Waals surface area contributed by atoms with Gasteiger partial charge in [-0.3, -0.25) is 4.79 Å². The summed E-state index contributed by atoms with van der Waals surface area (Å²) in [5.74, 6) is -0.446. The van der Waals surface area contributed by atoms with Crippen molar-refractivity contribution < 1.29 is 9.18 Å². The van der Waals surface area contributed by atoms with Crippen LogP contribution in [0, 0.1) is 5.82 Å². The topological polar surface area (TPSA) is 96.9 Å². The van der Waals surface area contributed by atoms with Crippen LogP contribution in [0.5, 0.6) is 0 Å². The van der Waals surface area contributed by atoms with E-state index in [1.165, 1.54) is 12.1 Å². The highest BCUT2D eigenvalue weighted by Crippen LogP contribution is 2.26. The van der Waals surface area contributed by atoms with E-state index in [1.807, 2.05) is 18.2 Å². The number of aromatic nitrogens is 1. The van der Waals surface area contributed by atoms with Gasteiger partial charge in [0.25, 0.3) is 5.91 Å². The number of hydrogen-bond donors (Lipinski definition) is 4. The minimum Gasteiger partial charge on any atom is -0.360 e. The van der Waals surface area contributed by atoms with Crippen molar-refractivity contribution in [2.24, 2.45) is 11.5 Å². The summed E-state index contributed by atoms with van der Waals surface area (Å²) < 4.78 is 13.1. The SMILES string of the molecule is NCCCC(N)CNC(=O)c1c[nH]c2ccc(-c3ccc(F)cc3)cc12. The second kappa shape index (κ2) is 8.12. The minimum atomic E-state index is -0.275. The zero-order valence-corrected chi connectivity index (χ0v) is 14.5. The maximum atomic E-state index is 13.1. The number of carbonyl (C=O) groups excluding carboxylic acids is 1. The summed E-state index contributed by atoms with van der Waals surface area (Å²) in [5.41, 5.74) is 14.7. The van der Waals surface area contributed by atoms with Crippen LogP contribution in [-0.2, 0) is 0 Å². The summed E-state index contributed by atoms with van der Waals surface area (Å²) >= 11 is 0. The lowest BCUT2D eigenvalue weighted by Gasteiger charge is -2.12. The maximum absolute atomic E-state index is 13.1. The summed E-state index contributed by atoms with van der Waals surface area (Å²) in [7, 11) is 0. The molecule has 0 radical (unpaired) electrons. The Bertz CT molecular complexity index is 888. The van der Waals surface area contributed by atoms with Gasteiger partial charge in [0, 0.05) is 29.7 Å². The maximum Gasteiger partial charge on any atom is 0.253 e. The molecule has 1 unspecified atom stereocenters. The van der Waals surface area contributed by atoms with Gasteiger partial charge in [-0.2, -0.15) is 0 Å². The molecule has 3 aromatic rings. The van der Waals surface area contributed by atoms with Crippen molar-refractivity contribution in [2.45, 2.75) is 18.9 Å². The lowest BCUT2D eigenvalue weighted by Crippen LogP contribution is -2.37. The molecule has 6 heteroatoms. The van der Waals surface area contributed by atoms with Crippen LogP contribution in [0.25, 0.3) is 22.0 Å². The number of fused-ring (bicyclic) bond motifs is 1. The highest BCUT2D eigenvalue weighted by Gasteiger charge is 2.14. The molecule has 5 nitrogen and oxygen atoms in total. The van der Waals surface area contributed by atoms with E-state index < -0.39 is 0 Å². The van der Waals surface area contributed by atoms with Gasteiger partial charge in [0.15, 0.2) is 0 Å². The molecule has 1 atom stereocenters. The highest BCUT2D eigenvalue weighted by molar-refractivity contribution is 6.07. The monoisotopic (exact) mass is 354 g/mol. The second-order valence-electron chi connectivity index (χ2n) is 6.37. The standard InChI is InChI=1S/C20H23FN4O/c21-15-6-3-13(4-7-15)14-5-8-19-17(10-14)18(12-24-19)20(26)25-11-16(23)2-1-9-22/h3-8,10,12,16,24H,1-2,9,11,22-23H2,(H,25,26). The Morgan fingerprint density at radius 1 is 1.15 bits per heavy atom. The van der Waals surface area contributed by atoms with E-state index in [-0.39, 0.29) is 17.8 Å². The molecular weight excluding hydrogens is 331 g/mol. The number of halogens is 1. The van der Waals surface area contributed by atoms with E-state index >= 15 is 0 Å². The molecule has 0 saturated heterocycles. The first kappa shape index (κ1) is 18.1. The summed E-state index contributed by atoms with van der Waals surface area (Å²) in [5, 5.41) is 3.70. The van der Waals surface area contributed by atoms with Crippen LogP contribution < -0.4 is 16.8 Å². The van der Waals surface area contributed by atoms with Gasteiger partial charge >= 0.3 is 0 Å². The molecule has 0 fully saturated rings. The lowest BCUT2D eigenvalue weighted by atomic mass is 10.0. The largest absolute Gasteiger partial charge is 0.360 e. The molecule has 136 valence electrons. The summed E-state index contributed by atoms with van der Waals surface area (Å²) in [4.78, 5) is 15.6. The van der Waals surface area contributed by atoms with Crippen molar-refractivity contribution in [3.05, 3.63) is 60.0 Å². The number of nitrogens with one attached hydrogen (secondary N) is 2. The molecule has 1 aromatic heterocycles. The average molecular weight is 354 g/mol. The van der Waals surface area contributed by atoms with Crippen LogP contribution in [-0.4, -0.2) is 30.0 Å². The van der Waals surface area contributed by atoms with Crippen molar-refractivity contribution in [3.63, 3.8) is 0 Å². The summed E-state index contributed by atoms with van der Waals surface area (Å²) in [6.07, 6.45) is 3.31. The molecule has 0 aliphatic rings. The average Bonchev–Trinajstić information content (AvgIpc) is 3.08. The number of benzene rings is 2. The zero-order chi connectivity index (χ0) is 18.5. The molecule has 0 spiro atoms. The Labute approximate surface area is 151 Å². The number of aromatic amines is 1. The fourth-order valence-electron chi connectivity index (χ4n) is 2.93. The fourth-order valence-corrected chi connectivity index (χ4v) is 2.93. The molecule has 0 bridgehead atoms. The molecule has 0 saturated carbocycles. The van der Waals surface area contributed by atoms with E-state index in [2.05, 4.69) is 10.3 Å². The van der Waals surface area contributed by atoms with E-state index in [0.717, 1.165) is 34.9 Å². The zero-order valence-electron chi connectivity index (χ0n) is 14.5. The van der Waals surface area contributed by atoms with Gasteiger partial charge in [-0.15, -0.1) is 0 Å². The van der Waals surface area contributed by atoms with E-state index in [0.29, 0.717) is 18.7 Å². The lowest BCUT2D eigenvalue weighted by molar-refractivity contribution is 0.0952. The third-order valence-corrected chi connectivity index (χ3v) is 4.41. The molecule has 1 amide bonds. The molecule has 1 heterocycles. The Morgan fingerprint density at radius 3 is 2.62 bits per heavy atom. The van der Waals surface area contributed by atoms with E-state index in [9.17, 15) is 9.18 Å². The van der Waals surface area contributed by atoms with Gasteiger partial charge in [0.05, 0.1) is 5.56 Å². The first-order chi connectivity index (χ1) is 12.6. The first-order valence-electron chi connectivity index (χ1n) is 8.69. The van der Waals surface area contributed by atoms with Crippen LogP contribution >= 0.6 is 0 Å². The summed E-state index contributed by atoms with van der Waals surface area (Å²) in [6, 6.07) is 12.0. The van der Waals surface area contributed by atoms with Gasteiger partial charge in [-0.05, 0) is 54.8 Å². The van der Waals surface area contributed by atoms with E-state index in [1.54, 1.807) is 18.3 Å². The smallest absolute Gasteiger partial charge is 0.253 e. The predicted octanol–water partition coefficient (Wildman–Crippen LogP) is 2.77. The molecule has 3 rings (SSSR count). The van der Waals surface area contributed by atoms with Crippen LogP contribution in [0.15, 0.2) is 48.7 Å². The van der Waals surface area contributed by atoms with Gasteiger partial charge in [-0.25, -0.2) is 4.39 Å². The number of hydrogen-bond acceptors (Lipinski definition) is 3. The quantitative estimate of drug-likeness (QED) is 0.525. The Hall–Kier alpha value is -2.70. The first-order valence-corrected chi connectivity index (χ1v) is 8.69. The number of carbonyl (C=O) groups is 1. The van der Waals surface area contributed by atoms with Gasteiger partial charge in [0.2, 0.25) is 0 Å². The van der Waals surface area contributed by atoms with Crippen LogP contribution in [0.2, 0.25) is 0 Å². The van der Waals surface area contributed by atoms with Crippen molar-refractivity contribution in [3.8, 4) is 11.1 Å². The number of amides is 1. The summed E-state index contributed by atoms with van der Waals surface area (Å²) in [6.45, 7) is 0.999. The van der Waals surface area contributed by atoms with Crippen LogP contribution in [0.1, 0.15) is 23.2 Å². The highest BCUT2D eigenvalue weighted by atomic mass is 19.1. The third-order valence-electron chi connectivity index (χ3n) is 4.41. The minimum absolute atomic E-state index is 0.109. The normalized spacial score (nSPS) is 12.3. The fraction of sp³-hybridized carbons (Fsp3) is 0.250. The van der Waals surface area contributed by atoms with Crippen molar-refractivity contribution in [1.82, 2.24) is 10.3 Å². The molecule has 26 heavy (non-hydrogen) atoms. The Morgan fingerprint density at radius 2 is 1.88 bits per heavy atom. The molecule has 0 aliphatic heterocycles. The third kappa shape index (κ3) is 4.09. The van der Waals surface area contributed by atoms with Crippen LogP contribution in [0.3, 0.4) is 0 Å². The number of rotatable bonds is 7. The number of nitrogens with two attached hydrogens (primary N) is 2. The molecule has 2 aromatic carbocycles. The van der Waals surface area contributed by atoms with E-state index in [4.69, 9.17) is 11.5 Å². The van der Waals surface area contributed by atoms with Crippen molar-refractivity contribution in [2.75, 3.05) is 13.1 Å². The van der Waals surface area contributed by atoms with Crippen LogP contribution in [0.4, 0.5) is 4.39 Å².